The predicted molar refractivity (Wildman–Crippen MR) is 75.4 cm³/mol. The van der Waals surface area contributed by atoms with Gasteiger partial charge in [0.05, 0.1) is 6.04 Å². The Hall–Kier alpha value is -2.57. The van der Waals surface area contributed by atoms with Crippen LogP contribution in [0.4, 0.5) is 17.6 Å². The van der Waals surface area contributed by atoms with Crippen LogP contribution >= 0.6 is 0 Å². The van der Waals surface area contributed by atoms with Crippen molar-refractivity contribution in [3.8, 4) is 5.75 Å². The highest BCUT2D eigenvalue weighted by Crippen LogP contribution is 2.24. The van der Waals surface area contributed by atoms with Crippen LogP contribution in [0.25, 0.3) is 0 Å². The first kappa shape index (κ1) is 16.8. The second kappa shape index (κ2) is 6.68. The second-order valence-corrected chi connectivity index (χ2v) is 4.82. The second-order valence-electron chi connectivity index (χ2n) is 4.82. The lowest BCUT2D eigenvalue weighted by atomic mass is 10.1. The standard InChI is InChI=1S/C16H13F4NO2/c1-10(21-15(22)12-2-6-13(17)7-3-12)11-4-8-14(9-5-11)23-16(18,19)20/h2-10H,1H3,(H,21,22). The van der Waals surface area contributed by atoms with Crippen molar-refractivity contribution in [1.82, 2.24) is 5.32 Å². The molecule has 0 fully saturated rings. The summed E-state index contributed by atoms with van der Waals surface area (Å²) < 4.78 is 52.8. The van der Waals surface area contributed by atoms with Crippen LogP contribution in [0.15, 0.2) is 48.5 Å². The minimum atomic E-state index is -4.75. The van der Waals surface area contributed by atoms with E-state index >= 15 is 0 Å². The Kier molecular flexibility index (Phi) is 4.88. The Labute approximate surface area is 129 Å². The van der Waals surface area contributed by atoms with Crippen LogP contribution in [0.1, 0.15) is 28.9 Å². The maximum absolute atomic E-state index is 12.8. The van der Waals surface area contributed by atoms with E-state index in [1.165, 1.54) is 48.5 Å². The molecule has 3 nitrogen and oxygen atoms in total. The molecule has 0 heterocycles. The molecule has 1 atom stereocenters. The summed E-state index contributed by atoms with van der Waals surface area (Å²) in [4.78, 5) is 12.0. The van der Waals surface area contributed by atoms with Gasteiger partial charge in [0.25, 0.3) is 5.91 Å². The van der Waals surface area contributed by atoms with E-state index in [9.17, 15) is 22.4 Å². The van der Waals surface area contributed by atoms with Gasteiger partial charge in [-0.1, -0.05) is 12.1 Å². The van der Waals surface area contributed by atoms with Gasteiger partial charge in [0, 0.05) is 5.56 Å². The van der Waals surface area contributed by atoms with E-state index < -0.39 is 24.1 Å². The van der Waals surface area contributed by atoms with Crippen molar-refractivity contribution in [2.45, 2.75) is 19.3 Å². The predicted octanol–water partition coefficient (Wildman–Crippen LogP) is 4.22. The smallest absolute Gasteiger partial charge is 0.406 e. The summed E-state index contributed by atoms with van der Waals surface area (Å²) in [5.74, 6) is -1.19. The molecule has 2 aromatic carbocycles. The maximum Gasteiger partial charge on any atom is 0.573 e. The lowest BCUT2D eigenvalue weighted by molar-refractivity contribution is -0.274. The summed E-state index contributed by atoms with van der Waals surface area (Å²) in [6.45, 7) is 1.68. The zero-order chi connectivity index (χ0) is 17.0. The Balaban J connectivity index is 2.01. The molecule has 0 bridgehead atoms. The Morgan fingerprint density at radius 2 is 1.61 bits per heavy atom. The molecule has 0 aliphatic heterocycles. The van der Waals surface area contributed by atoms with Crippen molar-refractivity contribution < 1.29 is 27.1 Å². The summed E-state index contributed by atoms with van der Waals surface area (Å²) in [5, 5.41) is 2.68. The van der Waals surface area contributed by atoms with Gasteiger partial charge in [-0.15, -0.1) is 13.2 Å². The quantitative estimate of drug-likeness (QED) is 0.854. The SMILES string of the molecule is CC(NC(=O)c1ccc(F)cc1)c1ccc(OC(F)(F)F)cc1. The molecule has 0 saturated heterocycles. The zero-order valence-electron chi connectivity index (χ0n) is 12.0. The van der Waals surface area contributed by atoms with Gasteiger partial charge in [0.15, 0.2) is 0 Å². The fourth-order valence-electron chi connectivity index (χ4n) is 1.92. The van der Waals surface area contributed by atoms with Crippen LogP contribution < -0.4 is 10.1 Å². The fraction of sp³-hybridized carbons (Fsp3) is 0.188. The molecule has 1 N–H and O–H groups in total. The molecule has 1 unspecified atom stereocenters. The maximum atomic E-state index is 12.8. The topological polar surface area (TPSA) is 38.3 Å². The molecule has 0 spiro atoms. The average molecular weight is 327 g/mol. The first-order valence-electron chi connectivity index (χ1n) is 6.67. The van der Waals surface area contributed by atoms with Crippen LogP contribution in [0.2, 0.25) is 0 Å². The average Bonchev–Trinajstić information content (AvgIpc) is 2.46. The van der Waals surface area contributed by atoms with E-state index in [2.05, 4.69) is 10.1 Å². The molecule has 2 rings (SSSR count). The third-order valence-electron chi connectivity index (χ3n) is 3.07. The molecule has 0 aliphatic rings. The number of ether oxygens (including phenoxy) is 1. The summed E-state index contributed by atoms with van der Waals surface area (Å²) >= 11 is 0. The van der Waals surface area contributed by atoms with Crippen molar-refractivity contribution in [3.05, 3.63) is 65.5 Å². The van der Waals surface area contributed by atoms with E-state index in [0.29, 0.717) is 5.56 Å². The van der Waals surface area contributed by atoms with Crippen LogP contribution in [0.5, 0.6) is 5.75 Å². The molecule has 122 valence electrons. The van der Waals surface area contributed by atoms with E-state index in [1.807, 2.05) is 0 Å². The lowest BCUT2D eigenvalue weighted by Crippen LogP contribution is -2.26. The van der Waals surface area contributed by atoms with E-state index in [4.69, 9.17) is 0 Å². The molecule has 7 heteroatoms. The monoisotopic (exact) mass is 327 g/mol. The number of hydrogen-bond donors (Lipinski definition) is 1. The number of alkyl halides is 3. The van der Waals surface area contributed by atoms with E-state index in [1.54, 1.807) is 6.92 Å². The fourth-order valence-corrected chi connectivity index (χ4v) is 1.92. The number of amides is 1. The summed E-state index contributed by atoms with van der Waals surface area (Å²) in [7, 11) is 0. The van der Waals surface area contributed by atoms with Crippen LogP contribution in [0.3, 0.4) is 0 Å². The molecule has 0 saturated carbocycles. The van der Waals surface area contributed by atoms with Gasteiger partial charge >= 0.3 is 6.36 Å². The Morgan fingerprint density at radius 1 is 1.04 bits per heavy atom. The minimum absolute atomic E-state index is 0.287. The molecule has 1 amide bonds. The highest BCUT2D eigenvalue weighted by atomic mass is 19.4. The number of rotatable bonds is 4. The first-order chi connectivity index (χ1) is 10.7. The number of nitrogens with one attached hydrogen (secondary N) is 1. The summed E-state index contributed by atoms with van der Waals surface area (Å²) in [5.41, 5.74) is 0.894. The van der Waals surface area contributed by atoms with Gasteiger partial charge in [-0.2, -0.15) is 0 Å². The third kappa shape index (κ3) is 4.98. The van der Waals surface area contributed by atoms with Crippen molar-refractivity contribution in [2.24, 2.45) is 0 Å². The summed E-state index contributed by atoms with van der Waals surface area (Å²) in [6.07, 6.45) is -4.75. The molecule has 2 aromatic rings. The number of carbonyl (C=O) groups excluding carboxylic acids is 1. The first-order valence-corrected chi connectivity index (χ1v) is 6.67. The van der Waals surface area contributed by atoms with Gasteiger partial charge in [-0.25, -0.2) is 4.39 Å². The van der Waals surface area contributed by atoms with Gasteiger partial charge < -0.3 is 10.1 Å². The Morgan fingerprint density at radius 3 is 2.13 bits per heavy atom. The van der Waals surface area contributed by atoms with E-state index in [-0.39, 0.29) is 11.3 Å². The van der Waals surface area contributed by atoms with Crippen LogP contribution in [-0.2, 0) is 0 Å². The molecular formula is C16H13F4NO2. The van der Waals surface area contributed by atoms with Gasteiger partial charge in [0.1, 0.15) is 11.6 Å². The van der Waals surface area contributed by atoms with Crippen LogP contribution in [0, 0.1) is 5.82 Å². The zero-order valence-corrected chi connectivity index (χ0v) is 12.0. The lowest BCUT2D eigenvalue weighted by Gasteiger charge is -2.15. The number of benzene rings is 2. The molecule has 0 aliphatic carbocycles. The van der Waals surface area contributed by atoms with Crippen molar-refractivity contribution in [2.75, 3.05) is 0 Å². The number of hydrogen-bond acceptors (Lipinski definition) is 2. The third-order valence-corrected chi connectivity index (χ3v) is 3.07. The summed E-state index contributed by atoms with van der Waals surface area (Å²) in [6, 6.07) is 9.79. The molecule has 0 aromatic heterocycles. The van der Waals surface area contributed by atoms with Crippen molar-refractivity contribution >= 4 is 5.91 Å². The highest BCUT2D eigenvalue weighted by Gasteiger charge is 2.31. The number of carbonyl (C=O) groups is 1. The van der Waals surface area contributed by atoms with Gasteiger partial charge in [-0.3, -0.25) is 4.79 Å². The molecular weight excluding hydrogens is 314 g/mol. The molecule has 0 radical (unpaired) electrons. The van der Waals surface area contributed by atoms with Crippen molar-refractivity contribution in [3.63, 3.8) is 0 Å². The largest absolute Gasteiger partial charge is 0.573 e. The minimum Gasteiger partial charge on any atom is -0.406 e. The van der Waals surface area contributed by atoms with Crippen molar-refractivity contribution in [1.29, 1.82) is 0 Å². The Bertz CT molecular complexity index is 666. The molecule has 23 heavy (non-hydrogen) atoms. The highest BCUT2D eigenvalue weighted by molar-refractivity contribution is 5.94. The van der Waals surface area contributed by atoms with Gasteiger partial charge in [0.2, 0.25) is 0 Å². The van der Waals surface area contributed by atoms with E-state index in [0.717, 1.165) is 0 Å². The number of halogens is 4. The van der Waals surface area contributed by atoms with Crippen LogP contribution in [-0.4, -0.2) is 12.3 Å². The van der Waals surface area contributed by atoms with Gasteiger partial charge in [-0.05, 0) is 48.9 Å². The normalized spacial score (nSPS) is 12.6.